The van der Waals surface area contributed by atoms with E-state index in [1.165, 1.54) is 6.08 Å². The highest BCUT2D eigenvalue weighted by atomic mass is 16.5. The maximum atomic E-state index is 11.6. The van der Waals surface area contributed by atoms with Gasteiger partial charge in [0.1, 0.15) is 5.75 Å². The molecule has 4 nitrogen and oxygen atoms in total. The van der Waals surface area contributed by atoms with E-state index < -0.39 is 0 Å². The highest BCUT2D eigenvalue weighted by Gasteiger charge is 2.15. The zero-order chi connectivity index (χ0) is 13.5. The number of carbonyl (C=O) groups is 1. The van der Waals surface area contributed by atoms with Crippen molar-refractivity contribution in [2.75, 3.05) is 20.3 Å². The largest absolute Gasteiger partial charge is 0.497 e. The third kappa shape index (κ3) is 4.41. The summed E-state index contributed by atoms with van der Waals surface area (Å²) < 4.78 is 10.6. The third-order valence-electron chi connectivity index (χ3n) is 3.05. The Kier molecular flexibility index (Phi) is 4.98. The molecular weight excluding hydrogens is 242 g/mol. The molecule has 1 heterocycles. The molecule has 1 aromatic carbocycles. The molecule has 1 aliphatic heterocycles. The summed E-state index contributed by atoms with van der Waals surface area (Å²) in [7, 11) is 1.62. The molecular formula is C15H19NO3. The lowest BCUT2D eigenvalue weighted by atomic mass is 10.2. The molecule has 1 aliphatic rings. The van der Waals surface area contributed by atoms with E-state index in [-0.39, 0.29) is 12.0 Å². The highest BCUT2D eigenvalue weighted by Crippen LogP contribution is 2.13. The summed E-state index contributed by atoms with van der Waals surface area (Å²) in [5, 5.41) is 2.84. The van der Waals surface area contributed by atoms with Crippen molar-refractivity contribution in [3.8, 4) is 5.75 Å². The highest BCUT2D eigenvalue weighted by molar-refractivity contribution is 5.91. The van der Waals surface area contributed by atoms with Gasteiger partial charge in [0.25, 0.3) is 0 Å². The van der Waals surface area contributed by atoms with Crippen molar-refractivity contribution in [2.45, 2.75) is 18.9 Å². The van der Waals surface area contributed by atoms with Crippen molar-refractivity contribution in [3.63, 3.8) is 0 Å². The van der Waals surface area contributed by atoms with Crippen LogP contribution in [-0.2, 0) is 9.53 Å². The predicted molar refractivity (Wildman–Crippen MR) is 74.0 cm³/mol. The minimum absolute atomic E-state index is 0.0988. The van der Waals surface area contributed by atoms with Crippen molar-refractivity contribution < 1.29 is 14.3 Å². The normalized spacial score (nSPS) is 18.7. The Balaban J connectivity index is 1.81. The van der Waals surface area contributed by atoms with E-state index in [1.807, 2.05) is 24.3 Å². The number of nitrogens with one attached hydrogen (secondary N) is 1. The standard InChI is InChI=1S/C15H19NO3/c1-18-13-5-2-4-12(10-13)7-8-15(17)16-11-14-6-3-9-19-14/h2,4-5,7-8,10,14H,3,6,9,11H2,1H3,(H,16,17)/b8-7+/t14-/m0/s1. The van der Waals surface area contributed by atoms with Crippen LogP contribution in [0.3, 0.4) is 0 Å². The van der Waals surface area contributed by atoms with Gasteiger partial charge in [-0.1, -0.05) is 12.1 Å². The first kappa shape index (κ1) is 13.6. The van der Waals surface area contributed by atoms with E-state index in [2.05, 4.69) is 5.32 Å². The molecule has 102 valence electrons. The molecule has 1 saturated heterocycles. The summed E-state index contributed by atoms with van der Waals surface area (Å²) in [5.74, 6) is 0.681. The topological polar surface area (TPSA) is 47.6 Å². The van der Waals surface area contributed by atoms with Crippen LogP contribution in [0.5, 0.6) is 5.75 Å². The van der Waals surface area contributed by atoms with Gasteiger partial charge < -0.3 is 14.8 Å². The molecule has 4 heteroatoms. The van der Waals surface area contributed by atoms with E-state index in [0.29, 0.717) is 6.54 Å². The maximum Gasteiger partial charge on any atom is 0.244 e. The van der Waals surface area contributed by atoms with Crippen LogP contribution in [0.15, 0.2) is 30.3 Å². The molecule has 0 spiro atoms. The second-order valence-corrected chi connectivity index (χ2v) is 4.49. The average Bonchev–Trinajstić information content (AvgIpc) is 2.96. The molecule has 0 aliphatic carbocycles. The molecule has 0 saturated carbocycles. The lowest BCUT2D eigenvalue weighted by molar-refractivity contribution is -0.116. The Bertz CT molecular complexity index is 450. The van der Waals surface area contributed by atoms with Gasteiger partial charge in [0.2, 0.25) is 5.91 Å². The van der Waals surface area contributed by atoms with Crippen molar-refractivity contribution >= 4 is 12.0 Å². The fraction of sp³-hybridized carbons (Fsp3) is 0.400. The SMILES string of the molecule is COc1cccc(/C=C/C(=O)NC[C@@H]2CCCO2)c1. The quantitative estimate of drug-likeness (QED) is 0.825. The number of hydrogen-bond donors (Lipinski definition) is 1. The van der Waals surface area contributed by atoms with Crippen LogP contribution in [-0.4, -0.2) is 32.3 Å². The summed E-state index contributed by atoms with van der Waals surface area (Å²) in [4.78, 5) is 11.6. The van der Waals surface area contributed by atoms with E-state index in [1.54, 1.807) is 13.2 Å². The molecule has 0 radical (unpaired) electrons. The van der Waals surface area contributed by atoms with Crippen molar-refractivity contribution in [2.24, 2.45) is 0 Å². The number of amides is 1. The van der Waals surface area contributed by atoms with Crippen molar-refractivity contribution in [3.05, 3.63) is 35.9 Å². The third-order valence-corrected chi connectivity index (χ3v) is 3.05. The van der Waals surface area contributed by atoms with Crippen LogP contribution in [0, 0.1) is 0 Å². The molecule has 1 fully saturated rings. The minimum atomic E-state index is -0.0988. The van der Waals surface area contributed by atoms with Crippen LogP contribution in [0.2, 0.25) is 0 Å². The van der Waals surface area contributed by atoms with Crippen LogP contribution < -0.4 is 10.1 Å². The fourth-order valence-electron chi connectivity index (χ4n) is 2.00. The Labute approximate surface area is 113 Å². The zero-order valence-corrected chi connectivity index (χ0v) is 11.1. The number of benzene rings is 1. The summed E-state index contributed by atoms with van der Waals surface area (Å²) in [6, 6.07) is 7.56. The van der Waals surface area contributed by atoms with E-state index in [9.17, 15) is 4.79 Å². The van der Waals surface area contributed by atoms with Crippen molar-refractivity contribution in [1.29, 1.82) is 0 Å². The van der Waals surface area contributed by atoms with Crippen molar-refractivity contribution in [1.82, 2.24) is 5.32 Å². The fourth-order valence-corrected chi connectivity index (χ4v) is 2.00. The smallest absolute Gasteiger partial charge is 0.244 e. The number of rotatable bonds is 5. The number of hydrogen-bond acceptors (Lipinski definition) is 3. The van der Waals surface area contributed by atoms with Gasteiger partial charge in [0, 0.05) is 19.2 Å². The molecule has 1 atom stereocenters. The van der Waals surface area contributed by atoms with Crippen LogP contribution >= 0.6 is 0 Å². The van der Waals surface area contributed by atoms with Gasteiger partial charge in [-0.25, -0.2) is 0 Å². The molecule has 2 rings (SSSR count). The van der Waals surface area contributed by atoms with E-state index in [0.717, 1.165) is 30.8 Å². The molecule has 0 unspecified atom stereocenters. The predicted octanol–water partition coefficient (Wildman–Crippen LogP) is 2.00. The lowest BCUT2D eigenvalue weighted by Gasteiger charge is -2.08. The first-order valence-corrected chi connectivity index (χ1v) is 6.49. The molecule has 0 aromatic heterocycles. The van der Waals surface area contributed by atoms with Gasteiger partial charge in [-0.05, 0) is 36.6 Å². The summed E-state index contributed by atoms with van der Waals surface area (Å²) in [5.41, 5.74) is 0.937. The van der Waals surface area contributed by atoms with E-state index in [4.69, 9.17) is 9.47 Å². The summed E-state index contributed by atoms with van der Waals surface area (Å²) in [6.07, 6.45) is 5.59. The first-order chi connectivity index (χ1) is 9.28. The van der Waals surface area contributed by atoms with Crippen LogP contribution in [0.4, 0.5) is 0 Å². The Hall–Kier alpha value is -1.81. The molecule has 1 N–H and O–H groups in total. The summed E-state index contributed by atoms with van der Waals surface area (Å²) in [6.45, 7) is 1.39. The first-order valence-electron chi connectivity index (χ1n) is 6.49. The van der Waals surface area contributed by atoms with Gasteiger partial charge >= 0.3 is 0 Å². The van der Waals surface area contributed by atoms with Gasteiger partial charge in [-0.3, -0.25) is 4.79 Å². The van der Waals surface area contributed by atoms with Gasteiger partial charge in [-0.15, -0.1) is 0 Å². The molecule has 1 aromatic rings. The van der Waals surface area contributed by atoms with Gasteiger partial charge in [0.15, 0.2) is 0 Å². The molecule has 1 amide bonds. The van der Waals surface area contributed by atoms with Crippen LogP contribution in [0.25, 0.3) is 6.08 Å². The maximum absolute atomic E-state index is 11.6. The minimum Gasteiger partial charge on any atom is -0.497 e. The monoisotopic (exact) mass is 261 g/mol. The average molecular weight is 261 g/mol. The Morgan fingerprint density at radius 1 is 1.58 bits per heavy atom. The second-order valence-electron chi connectivity index (χ2n) is 4.49. The van der Waals surface area contributed by atoms with Gasteiger partial charge in [0.05, 0.1) is 13.2 Å². The van der Waals surface area contributed by atoms with E-state index >= 15 is 0 Å². The number of methoxy groups -OCH3 is 1. The van der Waals surface area contributed by atoms with Gasteiger partial charge in [-0.2, -0.15) is 0 Å². The second kappa shape index (κ2) is 6.95. The van der Waals surface area contributed by atoms with Crippen LogP contribution in [0.1, 0.15) is 18.4 Å². The Morgan fingerprint density at radius 3 is 3.21 bits per heavy atom. The molecule has 0 bridgehead atoms. The number of ether oxygens (including phenoxy) is 2. The Morgan fingerprint density at radius 2 is 2.47 bits per heavy atom. The lowest BCUT2D eigenvalue weighted by Crippen LogP contribution is -2.30. The number of carbonyl (C=O) groups excluding carboxylic acids is 1. The zero-order valence-electron chi connectivity index (χ0n) is 11.1. The molecule has 19 heavy (non-hydrogen) atoms. The summed E-state index contributed by atoms with van der Waals surface area (Å²) >= 11 is 0.